The number of amides is 4. The molecule has 1 saturated heterocycles. The van der Waals surface area contributed by atoms with Gasteiger partial charge in [-0.1, -0.05) is 12.1 Å². The average molecular weight is 801 g/mol. The molecule has 1 fully saturated rings. The van der Waals surface area contributed by atoms with E-state index in [1.54, 1.807) is 17.8 Å². The maximum Gasteiger partial charge on any atom is 0.416 e. The lowest BCUT2D eigenvalue weighted by Gasteiger charge is -2.22. The molecule has 4 amide bonds. The Morgan fingerprint density at radius 2 is 1.41 bits per heavy atom. The van der Waals surface area contributed by atoms with E-state index in [2.05, 4.69) is 15.4 Å². The van der Waals surface area contributed by atoms with Crippen molar-refractivity contribution < 1.29 is 59.0 Å². The van der Waals surface area contributed by atoms with Crippen molar-refractivity contribution in [3.63, 3.8) is 0 Å². The number of nitrogens with zero attached hydrogens (tertiary/aromatic N) is 5. The van der Waals surface area contributed by atoms with Crippen molar-refractivity contribution in [1.29, 1.82) is 0 Å². The SMILES string of the molecule is CCN(Cc1ccc(C(F)(F)F)cc1F)C(=O)C(=O)Nc1cnc(N)c2cn(C3CCCCO3)nc12.CCN(Cc1ccc(C(F)(F)F)cc1F)C(=O)C(N)=O. The average Bonchev–Trinajstić information content (AvgIpc) is 3.61. The molecule has 0 saturated carbocycles. The van der Waals surface area contributed by atoms with Crippen LogP contribution in [-0.4, -0.2) is 67.9 Å². The first-order valence-corrected chi connectivity index (χ1v) is 16.9. The molecule has 3 heterocycles. The van der Waals surface area contributed by atoms with Crippen molar-refractivity contribution in [3.8, 4) is 0 Å². The standard InChI is InChI=1S/C23H24F4N6O3.C12H12F4N2O2/c1-2-32(11-13-6-7-14(9-16(13)24)23(25,26)27)22(35)21(34)30-17-10-29-20(28)15-12-33(31-19(15)17)18-5-3-4-8-36-18;1-2-18(11(20)10(17)19)6-7-3-4-8(5-9(7)13)12(14,15)16/h6-7,9-10,12,18H,2-5,8,11H2,1H3,(H2,28,29)(H,30,34);3-5H,2,6H2,1H3,(H2,17,19). The van der Waals surface area contributed by atoms with E-state index < -0.39 is 65.3 Å². The zero-order chi connectivity index (χ0) is 41.5. The van der Waals surface area contributed by atoms with Gasteiger partial charge in [-0.3, -0.25) is 19.2 Å². The molecule has 1 aliphatic rings. The number of fused-ring (bicyclic) bond motifs is 1. The minimum atomic E-state index is -4.70. The molecule has 56 heavy (non-hydrogen) atoms. The monoisotopic (exact) mass is 800 g/mol. The highest BCUT2D eigenvalue weighted by molar-refractivity contribution is 6.40. The van der Waals surface area contributed by atoms with E-state index in [-0.39, 0.29) is 48.5 Å². The third kappa shape index (κ3) is 10.5. The Kier molecular flexibility index (Phi) is 13.6. The zero-order valence-corrected chi connectivity index (χ0v) is 29.8. The van der Waals surface area contributed by atoms with E-state index in [0.29, 0.717) is 35.7 Å². The van der Waals surface area contributed by atoms with Crippen molar-refractivity contribution in [1.82, 2.24) is 24.6 Å². The van der Waals surface area contributed by atoms with Gasteiger partial charge in [-0.2, -0.15) is 31.4 Å². The van der Waals surface area contributed by atoms with Crippen molar-refractivity contribution >= 4 is 46.0 Å². The summed E-state index contributed by atoms with van der Waals surface area (Å²) in [7, 11) is 0. The van der Waals surface area contributed by atoms with E-state index in [4.69, 9.17) is 16.2 Å². The molecule has 0 aliphatic carbocycles. The molecular formula is C35H36F8N8O5. The number of ether oxygens (including phenoxy) is 1. The number of hydrogen-bond acceptors (Lipinski definition) is 8. The number of rotatable bonds is 8. The van der Waals surface area contributed by atoms with Crippen molar-refractivity contribution in [2.45, 2.75) is 64.8 Å². The fraction of sp³-hybridized carbons (Fsp3) is 0.371. The predicted molar refractivity (Wildman–Crippen MR) is 184 cm³/mol. The van der Waals surface area contributed by atoms with Gasteiger partial charge >= 0.3 is 36.0 Å². The third-order valence-electron chi connectivity index (χ3n) is 8.52. The van der Waals surface area contributed by atoms with Gasteiger partial charge in [0.05, 0.1) is 28.4 Å². The summed E-state index contributed by atoms with van der Waals surface area (Å²) in [5.41, 5.74) is 8.68. The molecule has 21 heteroatoms. The van der Waals surface area contributed by atoms with Gasteiger partial charge in [0.25, 0.3) is 0 Å². The molecule has 1 aliphatic heterocycles. The summed E-state index contributed by atoms with van der Waals surface area (Å²) in [6.07, 6.45) is -4.02. The van der Waals surface area contributed by atoms with Crippen LogP contribution in [0, 0.1) is 11.6 Å². The molecule has 0 radical (unpaired) electrons. The lowest BCUT2D eigenvalue weighted by atomic mass is 10.1. The second-order valence-corrected chi connectivity index (χ2v) is 12.3. The number of carbonyl (C=O) groups is 4. The number of hydrogen-bond donors (Lipinski definition) is 3. The Morgan fingerprint density at radius 3 is 1.86 bits per heavy atom. The van der Waals surface area contributed by atoms with Gasteiger partial charge in [0, 0.05) is 50.1 Å². The number of anilines is 2. The Bertz CT molecular complexity index is 2080. The van der Waals surface area contributed by atoms with Crippen molar-refractivity contribution in [3.05, 3.63) is 82.7 Å². The van der Waals surface area contributed by atoms with E-state index in [1.165, 1.54) is 13.1 Å². The summed E-state index contributed by atoms with van der Waals surface area (Å²) in [6, 6.07) is 4.00. The molecule has 5 rings (SSSR count). The van der Waals surface area contributed by atoms with Crippen LogP contribution >= 0.6 is 0 Å². The molecular weight excluding hydrogens is 764 g/mol. The number of nitrogens with one attached hydrogen (secondary N) is 1. The molecule has 0 spiro atoms. The molecule has 2 aromatic heterocycles. The molecule has 2 aromatic carbocycles. The number of nitrogen functional groups attached to an aromatic ring is 1. The first-order valence-electron chi connectivity index (χ1n) is 16.9. The Morgan fingerprint density at radius 1 is 0.875 bits per heavy atom. The molecule has 13 nitrogen and oxygen atoms in total. The number of likely N-dealkylation sites (N-methyl/N-ethyl adjacent to an activating group) is 2. The lowest BCUT2D eigenvalue weighted by molar-refractivity contribution is -0.144. The van der Waals surface area contributed by atoms with Gasteiger partial charge in [-0.15, -0.1) is 0 Å². The smallest absolute Gasteiger partial charge is 0.383 e. The van der Waals surface area contributed by atoms with Crippen LogP contribution in [0.3, 0.4) is 0 Å². The summed E-state index contributed by atoms with van der Waals surface area (Å²) in [5, 5.41) is 7.40. The Balaban J connectivity index is 0.000000296. The van der Waals surface area contributed by atoms with Gasteiger partial charge in [0.2, 0.25) is 0 Å². The van der Waals surface area contributed by atoms with Crippen LogP contribution in [0.5, 0.6) is 0 Å². The number of carbonyl (C=O) groups excluding carboxylic acids is 4. The second-order valence-electron chi connectivity index (χ2n) is 12.3. The first-order chi connectivity index (χ1) is 26.2. The highest BCUT2D eigenvalue weighted by Gasteiger charge is 2.33. The van der Waals surface area contributed by atoms with Crippen molar-refractivity contribution in [2.24, 2.45) is 5.73 Å². The molecule has 1 unspecified atom stereocenters. The lowest BCUT2D eigenvalue weighted by Crippen LogP contribution is -2.39. The molecule has 5 N–H and O–H groups in total. The molecule has 0 bridgehead atoms. The summed E-state index contributed by atoms with van der Waals surface area (Å²) in [6.45, 7) is 3.04. The summed E-state index contributed by atoms with van der Waals surface area (Å²) >= 11 is 0. The zero-order valence-electron chi connectivity index (χ0n) is 29.8. The van der Waals surface area contributed by atoms with Crippen LogP contribution in [0.15, 0.2) is 48.8 Å². The van der Waals surface area contributed by atoms with Crippen LogP contribution in [-0.2, 0) is 49.4 Å². The van der Waals surface area contributed by atoms with Crippen LogP contribution in [0.2, 0.25) is 0 Å². The summed E-state index contributed by atoms with van der Waals surface area (Å²) in [5.74, 6) is -6.32. The largest absolute Gasteiger partial charge is 0.416 e. The molecule has 1 atom stereocenters. The van der Waals surface area contributed by atoms with Crippen LogP contribution < -0.4 is 16.8 Å². The number of nitrogens with two attached hydrogens (primary N) is 2. The van der Waals surface area contributed by atoms with E-state index in [9.17, 15) is 54.3 Å². The van der Waals surface area contributed by atoms with Crippen LogP contribution in [0.4, 0.5) is 46.6 Å². The van der Waals surface area contributed by atoms with Crippen LogP contribution in [0.25, 0.3) is 10.9 Å². The highest BCUT2D eigenvalue weighted by Crippen LogP contribution is 2.32. The topological polar surface area (TPSA) is 179 Å². The maximum atomic E-state index is 14.3. The Hall–Kier alpha value is -5.86. The summed E-state index contributed by atoms with van der Waals surface area (Å²) < 4.78 is 111. The van der Waals surface area contributed by atoms with E-state index in [0.717, 1.165) is 47.3 Å². The Labute approximate surface area is 313 Å². The number of aromatic nitrogens is 3. The maximum absolute atomic E-state index is 14.3. The fourth-order valence-electron chi connectivity index (χ4n) is 5.46. The minimum absolute atomic E-state index is 0.00968. The quantitative estimate of drug-likeness (QED) is 0.154. The van der Waals surface area contributed by atoms with Crippen LogP contribution in [0.1, 0.15) is 61.6 Å². The number of primary amides is 1. The molecule has 302 valence electrons. The van der Waals surface area contributed by atoms with Gasteiger partial charge in [0.1, 0.15) is 29.2 Å². The van der Waals surface area contributed by atoms with E-state index in [1.807, 2.05) is 0 Å². The normalized spacial score (nSPS) is 14.4. The third-order valence-corrected chi connectivity index (χ3v) is 8.52. The van der Waals surface area contributed by atoms with E-state index >= 15 is 0 Å². The summed E-state index contributed by atoms with van der Waals surface area (Å²) in [4.78, 5) is 53.7. The highest BCUT2D eigenvalue weighted by atomic mass is 19.4. The van der Waals surface area contributed by atoms with Gasteiger partial charge < -0.3 is 31.3 Å². The number of pyridine rings is 1. The number of alkyl halides is 6. The number of halogens is 8. The predicted octanol–water partition coefficient (Wildman–Crippen LogP) is 5.54. The number of benzene rings is 2. The van der Waals surface area contributed by atoms with Gasteiger partial charge in [0.15, 0.2) is 0 Å². The minimum Gasteiger partial charge on any atom is -0.383 e. The van der Waals surface area contributed by atoms with Gasteiger partial charge in [-0.05, 0) is 57.4 Å². The first kappa shape index (κ1) is 42.9. The van der Waals surface area contributed by atoms with Crippen molar-refractivity contribution in [2.75, 3.05) is 30.7 Å². The van der Waals surface area contributed by atoms with Gasteiger partial charge in [-0.25, -0.2) is 18.4 Å². The molecule has 4 aromatic rings. The second kappa shape index (κ2) is 17.7. The fourth-order valence-corrected chi connectivity index (χ4v) is 5.46.